The molecule has 1 aromatic carbocycles. The van der Waals surface area contributed by atoms with E-state index >= 15 is 0 Å². The van der Waals surface area contributed by atoms with E-state index in [9.17, 15) is 4.79 Å². The van der Waals surface area contributed by atoms with Gasteiger partial charge >= 0.3 is 5.97 Å². The van der Waals surface area contributed by atoms with Crippen LogP contribution >= 0.6 is 15.9 Å². The molecule has 0 fully saturated rings. The molecule has 18 heavy (non-hydrogen) atoms. The summed E-state index contributed by atoms with van der Waals surface area (Å²) in [6.07, 6.45) is 1.65. The molecule has 1 aromatic heterocycles. The van der Waals surface area contributed by atoms with Crippen molar-refractivity contribution in [2.24, 2.45) is 0 Å². The van der Waals surface area contributed by atoms with Crippen LogP contribution in [0.5, 0.6) is 5.88 Å². The number of nitrogens with zero attached hydrogens (tertiary/aromatic N) is 1. The zero-order valence-corrected chi connectivity index (χ0v) is 11.1. The molecular formula is C13H10BrNO3. The summed E-state index contributed by atoms with van der Waals surface area (Å²) in [6, 6.07) is 8.72. The van der Waals surface area contributed by atoms with Crippen molar-refractivity contribution in [3.05, 3.63) is 46.6 Å². The van der Waals surface area contributed by atoms with Gasteiger partial charge in [-0.05, 0) is 39.7 Å². The van der Waals surface area contributed by atoms with Crippen molar-refractivity contribution in [3.8, 4) is 17.0 Å². The monoisotopic (exact) mass is 307 g/mol. The number of rotatable bonds is 3. The number of carboxylic acids is 1. The Morgan fingerprint density at radius 1 is 1.28 bits per heavy atom. The van der Waals surface area contributed by atoms with Gasteiger partial charge in [0.1, 0.15) is 0 Å². The van der Waals surface area contributed by atoms with Crippen LogP contribution in [0.4, 0.5) is 0 Å². The van der Waals surface area contributed by atoms with E-state index in [1.54, 1.807) is 31.5 Å². The Morgan fingerprint density at radius 3 is 2.56 bits per heavy atom. The highest BCUT2D eigenvalue weighted by Crippen LogP contribution is 2.26. The molecule has 0 aliphatic heterocycles. The summed E-state index contributed by atoms with van der Waals surface area (Å²) in [5, 5.41) is 9.05. The number of aromatic nitrogens is 1. The molecule has 1 heterocycles. The van der Waals surface area contributed by atoms with Gasteiger partial charge in [0.05, 0.1) is 12.7 Å². The predicted molar refractivity (Wildman–Crippen MR) is 70.9 cm³/mol. The minimum atomic E-state index is -0.967. The molecular weight excluding hydrogens is 298 g/mol. The molecule has 2 rings (SSSR count). The first-order valence-corrected chi connectivity index (χ1v) is 5.94. The van der Waals surface area contributed by atoms with Crippen LogP contribution in [0.2, 0.25) is 0 Å². The molecule has 0 saturated heterocycles. The van der Waals surface area contributed by atoms with Gasteiger partial charge in [0.25, 0.3) is 0 Å². The summed E-state index contributed by atoms with van der Waals surface area (Å²) in [5.74, 6) is -0.445. The number of aromatic carboxylic acids is 1. The maximum absolute atomic E-state index is 11.0. The molecule has 2 aromatic rings. The van der Waals surface area contributed by atoms with E-state index in [-0.39, 0.29) is 5.56 Å². The van der Waals surface area contributed by atoms with Gasteiger partial charge in [0, 0.05) is 22.3 Å². The van der Waals surface area contributed by atoms with Gasteiger partial charge in [-0.15, -0.1) is 0 Å². The van der Waals surface area contributed by atoms with Gasteiger partial charge in [-0.2, -0.15) is 0 Å². The molecule has 0 bridgehead atoms. The maximum atomic E-state index is 11.0. The van der Waals surface area contributed by atoms with Crippen molar-refractivity contribution >= 4 is 21.9 Å². The number of hydrogen-bond donors (Lipinski definition) is 1. The molecule has 0 aliphatic rings. The SMILES string of the molecule is COc1ccc(-c2ccc(Br)c(C(=O)O)c2)cn1. The van der Waals surface area contributed by atoms with Crippen LogP contribution in [-0.4, -0.2) is 23.2 Å². The van der Waals surface area contributed by atoms with E-state index in [4.69, 9.17) is 9.84 Å². The minimum Gasteiger partial charge on any atom is -0.481 e. The lowest BCUT2D eigenvalue weighted by atomic mass is 10.0. The average Bonchev–Trinajstić information content (AvgIpc) is 2.39. The van der Waals surface area contributed by atoms with Crippen LogP contribution < -0.4 is 4.74 Å². The summed E-state index contributed by atoms with van der Waals surface area (Å²) in [4.78, 5) is 15.1. The lowest BCUT2D eigenvalue weighted by molar-refractivity contribution is 0.0696. The second-order valence-corrected chi connectivity index (χ2v) is 4.44. The number of halogens is 1. The van der Waals surface area contributed by atoms with Crippen molar-refractivity contribution in [3.63, 3.8) is 0 Å². The summed E-state index contributed by atoms with van der Waals surface area (Å²) in [5.41, 5.74) is 1.86. The highest BCUT2D eigenvalue weighted by molar-refractivity contribution is 9.10. The van der Waals surface area contributed by atoms with Crippen LogP contribution in [0.25, 0.3) is 11.1 Å². The van der Waals surface area contributed by atoms with Gasteiger partial charge < -0.3 is 9.84 Å². The normalized spacial score (nSPS) is 10.1. The zero-order chi connectivity index (χ0) is 13.1. The van der Waals surface area contributed by atoms with Crippen molar-refractivity contribution in [1.82, 2.24) is 4.98 Å². The lowest BCUT2D eigenvalue weighted by Gasteiger charge is -2.05. The lowest BCUT2D eigenvalue weighted by Crippen LogP contribution is -1.98. The molecule has 0 amide bonds. The molecule has 0 saturated carbocycles. The second-order valence-electron chi connectivity index (χ2n) is 3.59. The highest BCUT2D eigenvalue weighted by Gasteiger charge is 2.10. The molecule has 4 nitrogen and oxygen atoms in total. The molecule has 0 aliphatic carbocycles. The van der Waals surface area contributed by atoms with Gasteiger partial charge in [-0.3, -0.25) is 0 Å². The minimum absolute atomic E-state index is 0.225. The molecule has 0 atom stereocenters. The summed E-state index contributed by atoms with van der Waals surface area (Å²) < 4.78 is 5.53. The number of carboxylic acid groups (broad SMARTS) is 1. The zero-order valence-electron chi connectivity index (χ0n) is 9.55. The van der Waals surface area contributed by atoms with Crippen LogP contribution in [0.1, 0.15) is 10.4 Å². The first-order valence-electron chi connectivity index (χ1n) is 5.15. The number of pyridine rings is 1. The molecule has 0 radical (unpaired) electrons. The van der Waals surface area contributed by atoms with E-state index in [1.165, 1.54) is 0 Å². The van der Waals surface area contributed by atoms with Crippen LogP contribution in [0.3, 0.4) is 0 Å². The summed E-state index contributed by atoms with van der Waals surface area (Å²) in [6.45, 7) is 0. The Balaban J connectivity index is 2.44. The Morgan fingerprint density at radius 2 is 2.00 bits per heavy atom. The fourth-order valence-electron chi connectivity index (χ4n) is 1.54. The van der Waals surface area contributed by atoms with Gasteiger partial charge in [0.2, 0.25) is 5.88 Å². The quantitative estimate of drug-likeness (QED) is 0.946. The largest absolute Gasteiger partial charge is 0.481 e. The predicted octanol–water partition coefficient (Wildman–Crippen LogP) is 3.22. The van der Waals surface area contributed by atoms with Crippen LogP contribution in [0.15, 0.2) is 41.0 Å². The topological polar surface area (TPSA) is 59.4 Å². The van der Waals surface area contributed by atoms with E-state index in [2.05, 4.69) is 20.9 Å². The number of hydrogen-bond acceptors (Lipinski definition) is 3. The highest BCUT2D eigenvalue weighted by atomic mass is 79.9. The van der Waals surface area contributed by atoms with Gasteiger partial charge in [-0.1, -0.05) is 6.07 Å². The summed E-state index contributed by atoms with van der Waals surface area (Å²) in [7, 11) is 1.55. The standard InChI is InChI=1S/C13H10BrNO3/c1-18-12-5-3-9(7-15-12)8-2-4-11(14)10(6-8)13(16)17/h2-7H,1H3,(H,16,17). The first kappa shape index (κ1) is 12.6. The van der Waals surface area contributed by atoms with Crippen LogP contribution in [0, 0.1) is 0 Å². The fourth-order valence-corrected chi connectivity index (χ4v) is 1.96. The number of benzene rings is 1. The van der Waals surface area contributed by atoms with Crippen molar-refractivity contribution < 1.29 is 14.6 Å². The number of carbonyl (C=O) groups is 1. The Bertz CT molecular complexity index is 581. The Kier molecular flexibility index (Phi) is 3.62. The van der Waals surface area contributed by atoms with E-state index in [0.717, 1.165) is 11.1 Å². The molecule has 92 valence electrons. The van der Waals surface area contributed by atoms with Crippen molar-refractivity contribution in [2.45, 2.75) is 0 Å². The third-order valence-electron chi connectivity index (χ3n) is 2.48. The molecule has 0 spiro atoms. The smallest absolute Gasteiger partial charge is 0.336 e. The third-order valence-corrected chi connectivity index (χ3v) is 3.17. The van der Waals surface area contributed by atoms with Crippen LogP contribution in [-0.2, 0) is 0 Å². The average molecular weight is 308 g/mol. The number of methoxy groups -OCH3 is 1. The maximum Gasteiger partial charge on any atom is 0.336 e. The number of ether oxygens (including phenoxy) is 1. The second kappa shape index (κ2) is 5.18. The Labute approximate surface area is 112 Å². The van der Waals surface area contributed by atoms with Gasteiger partial charge in [0.15, 0.2) is 0 Å². The van der Waals surface area contributed by atoms with Gasteiger partial charge in [-0.25, -0.2) is 9.78 Å². The molecule has 1 N–H and O–H groups in total. The molecule has 5 heteroatoms. The van der Waals surface area contributed by atoms with E-state index in [1.807, 2.05) is 12.1 Å². The van der Waals surface area contributed by atoms with E-state index in [0.29, 0.717) is 10.4 Å². The molecule has 0 unspecified atom stereocenters. The third kappa shape index (κ3) is 2.51. The summed E-state index contributed by atoms with van der Waals surface area (Å²) >= 11 is 3.21. The van der Waals surface area contributed by atoms with Crippen molar-refractivity contribution in [1.29, 1.82) is 0 Å². The first-order chi connectivity index (χ1) is 8.61. The van der Waals surface area contributed by atoms with E-state index < -0.39 is 5.97 Å². The fraction of sp³-hybridized carbons (Fsp3) is 0.0769. The Hall–Kier alpha value is -1.88. The van der Waals surface area contributed by atoms with Crippen molar-refractivity contribution in [2.75, 3.05) is 7.11 Å².